The predicted molar refractivity (Wildman–Crippen MR) is 123 cm³/mol. The molecule has 0 aliphatic heterocycles. The van der Waals surface area contributed by atoms with Gasteiger partial charge in [0, 0.05) is 18.7 Å². The van der Waals surface area contributed by atoms with Crippen LogP contribution in [0.25, 0.3) is 0 Å². The van der Waals surface area contributed by atoms with Crippen molar-refractivity contribution in [3.05, 3.63) is 30.6 Å². The lowest BCUT2D eigenvalue weighted by molar-refractivity contribution is -0.703. The van der Waals surface area contributed by atoms with E-state index in [1.54, 1.807) is 0 Å². The fourth-order valence-electron chi connectivity index (χ4n) is 3.82. The van der Waals surface area contributed by atoms with Gasteiger partial charge in [-0.05, 0) is 6.42 Å². The third kappa shape index (κ3) is 19.7. The van der Waals surface area contributed by atoms with Crippen molar-refractivity contribution >= 4 is 0 Å². The molecule has 0 aromatic carbocycles. The molecule has 0 fully saturated rings. The van der Waals surface area contributed by atoms with Crippen LogP contribution in [0.3, 0.4) is 0 Å². The topological polar surface area (TPSA) is 33.3 Å². The van der Waals surface area contributed by atoms with Gasteiger partial charge in [-0.2, -0.15) is 0 Å². The maximum atomic E-state index is 9.99. The van der Waals surface area contributed by atoms with Crippen molar-refractivity contribution in [2.45, 2.75) is 122 Å². The van der Waals surface area contributed by atoms with E-state index in [9.17, 15) is 5.11 Å². The highest BCUT2D eigenvalue weighted by Gasteiger charge is 2.10. The van der Waals surface area contributed by atoms with E-state index in [0.717, 1.165) is 13.0 Å². The minimum absolute atomic E-state index is 0. The molecular formula is C26H48INO2. The number of nitrogens with zero attached hydrogens (tertiary/aromatic N) is 1. The molecule has 0 aliphatic rings. The third-order valence-electron chi connectivity index (χ3n) is 5.65. The van der Waals surface area contributed by atoms with E-state index in [2.05, 4.69) is 6.92 Å². The van der Waals surface area contributed by atoms with Gasteiger partial charge >= 0.3 is 0 Å². The second-order valence-electron chi connectivity index (χ2n) is 8.60. The van der Waals surface area contributed by atoms with Gasteiger partial charge in [0.05, 0.1) is 6.61 Å². The first-order valence-electron chi connectivity index (χ1n) is 12.5. The molecule has 1 atom stereocenters. The number of ether oxygens (including phenoxy) is 1. The molecule has 1 rings (SSSR count). The standard InChI is InChI=1S/C26H48NO2.HI/c1-2-3-4-5-6-7-8-9-10-11-12-13-14-15-16-20-23-29-25-26(28)24-27-21-18-17-19-22-27;/h17-19,21-22,26,28H,2-16,20,23-25H2,1H3;1H/q+1;/p-1. The lowest BCUT2D eigenvalue weighted by Crippen LogP contribution is -3.00. The Kier molecular flexibility index (Phi) is 23.3. The van der Waals surface area contributed by atoms with Gasteiger partial charge in [-0.1, -0.05) is 109 Å². The summed E-state index contributed by atoms with van der Waals surface area (Å²) < 4.78 is 7.61. The summed E-state index contributed by atoms with van der Waals surface area (Å²) in [5, 5.41) is 9.99. The Hall–Kier alpha value is -0.200. The van der Waals surface area contributed by atoms with Crippen LogP contribution in [0.4, 0.5) is 0 Å². The van der Waals surface area contributed by atoms with Crippen LogP contribution in [-0.2, 0) is 11.3 Å². The summed E-state index contributed by atoms with van der Waals surface area (Å²) in [6.45, 7) is 4.09. The molecule has 1 aromatic heterocycles. The molecule has 1 N–H and O–H groups in total. The summed E-state index contributed by atoms with van der Waals surface area (Å²) in [6, 6.07) is 5.94. The molecule has 30 heavy (non-hydrogen) atoms. The first kappa shape index (κ1) is 29.8. The average Bonchev–Trinajstić information content (AvgIpc) is 2.73. The number of pyridine rings is 1. The molecule has 4 heteroatoms. The predicted octanol–water partition coefficient (Wildman–Crippen LogP) is 3.62. The van der Waals surface area contributed by atoms with Crippen molar-refractivity contribution in [2.24, 2.45) is 0 Å². The summed E-state index contributed by atoms with van der Waals surface area (Å²) in [5.41, 5.74) is 0. The normalized spacial score (nSPS) is 11.9. The second-order valence-corrected chi connectivity index (χ2v) is 8.60. The molecule has 0 saturated heterocycles. The Morgan fingerprint density at radius 1 is 0.667 bits per heavy atom. The first-order chi connectivity index (χ1) is 14.3. The molecule has 176 valence electrons. The quantitative estimate of drug-likeness (QED) is 0.149. The Bertz CT molecular complexity index is 444. The zero-order valence-electron chi connectivity index (χ0n) is 19.6. The van der Waals surface area contributed by atoms with Crippen LogP contribution in [0.5, 0.6) is 0 Å². The van der Waals surface area contributed by atoms with Gasteiger partial charge < -0.3 is 33.8 Å². The van der Waals surface area contributed by atoms with Crippen LogP contribution in [0, 0.1) is 0 Å². The van der Waals surface area contributed by atoms with Gasteiger partial charge in [0.25, 0.3) is 0 Å². The van der Waals surface area contributed by atoms with Crippen molar-refractivity contribution < 1.29 is 38.4 Å². The van der Waals surface area contributed by atoms with Gasteiger partial charge in [-0.25, -0.2) is 4.57 Å². The number of aromatic nitrogens is 1. The Morgan fingerprint density at radius 2 is 1.10 bits per heavy atom. The van der Waals surface area contributed by atoms with Gasteiger partial charge in [0.15, 0.2) is 18.9 Å². The second kappa shape index (κ2) is 23.5. The first-order valence-corrected chi connectivity index (χ1v) is 12.5. The minimum Gasteiger partial charge on any atom is -1.00 e. The van der Waals surface area contributed by atoms with E-state index in [0.29, 0.717) is 13.2 Å². The molecule has 0 spiro atoms. The van der Waals surface area contributed by atoms with E-state index >= 15 is 0 Å². The molecule has 1 unspecified atom stereocenters. The van der Waals surface area contributed by atoms with Crippen LogP contribution in [0.2, 0.25) is 0 Å². The van der Waals surface area contributed by atoms with Gasteiger partial charge in [0.1, 0.15) is 6.10 Å². The number of hydrogen-bond donors (Lipinski definition) is 1. The van der Waals surface area contributed by atoms with Crippen LogP contribution < -0.4 is 28.5 Å². The summed E-state index contributed by atoms with van der Waals surface area (Å²) in [4.78, 5) is 0. The smallest absolute Gasteiger partial charge is 0.176 e. The fourth-order valence-corrected chi connectivity index (χ4v) is 3.82. The molecule has 1 aromatic rings. The van der Waals surface area contributed by atoms with Crippen molar-refractivity contribution in [1.29, 1.82) is 0 Å². The maximum absolute atomic E-state index is 9.99. The number of halogens is 1. The maximum Gasteiger partial charge on any atom is 0.176 e. The van der Waals surface area contributed by atoms with E-state index in [-0.39, 0.29) is 24.0 Å². The van der Waals surface area contributed by atoms with Crippen molar-refractivity contribution in [3.63, 3.8) is 0 Å². The lowest BCUT2D eigenvalue weighted by atomic mass is 10.0. The summed E-state index contributed by atoms with van der Waals surface area (Å²) in [7, 11) is 0. The molecule has 0 radical (unpaired) electrons. The Balaban J connectivity index is 0.00000841. The molecule has 3 nitrogen and oxygen atoms in total. The highest BCUT2D eigenvalue weighted by atomic mass is 127. The molecule has 0 bridgehead atoms. The zero-order chi connectivity index (χ0) is 20.8. The number of aliphatic hydroxyl groups is 1. The van der Waals surface area contributed by atoms with Crippen molar-refractivity contribution in [3.8, 4) is 0 Å². The molecule has 0 saturated carbocycles. The van der Waals surface area contributed by atoms with E-state index in [1.807, 2.05) is 35.2 Å². The van der Waals surface area contributed by atoms with Crippen LogP contribution in [-0.4, -0.2) is 24.4 Å². The molecule has 0 aliphatic carbocycles. The highest BCUT2D eigenvalue weighted by Crippen LogP contribution is 2.13. The number of unbranched alkanes of at least 4 members (excludes halogenated alkanes) is 15. The molecule has 0 amide bonds. The fraction of sp³-hybridized carbons (Fsp3) is 0.808. The zero-order valence-corrected chi connectivity index (χ0v) is 21.7. The summed E-state index contributed by atoms with van der Waals surface area (Å²) >= 11 is 0. The van der Waals surface area contributed by atoms with Crippen molar-refractivity contribution in [1.82, 2.24) is 0 Å². The minimum atomic E-state index is -0.427. The van der Waals surface area contributed by atoms with Gasteiger partial charge in [0.2, 0.25) is 0 Å². The SMILES string of the molecule is CCCCCCCCCCCCCCCCCCOCC(O)C[n+]1ccccc1.[I-]. The van der Waals surface area contributed by atoms with Crippen LogP contribution in [0.1, 0.15) is 110 Å². The number of hydrogen-bond acceptors (Lipinski definition) is 2. The number of rotatable bonds is 21. The summed E-state index contributed by atoms with van der Waals surface area (Å²) in [5.74, 6) is 0. The van der Waals surface area contributed by atoms with Crippen LogP contribution >= 0.6 is 0 Å². The summed E-state index contributed by atoms with van der Waals surface area (Å²) in [6.07, 6.45) is 25.7. The monoisotopic (exact) mass is 533 g/mol. The molecule has 1 heterocycles. The van der Waals surface area contributed by atoms with E-state index in [1.165, 1.54) is 96.3 Å². The van der Waals surface area contributed by atoms with Crippen molar-refractivity contribution in [2.75, 3.05) is 13.2 Å². The van der Waals surface area contributed by atoms with E-state index in [4.69, 9.17) is 4.74 Å². The Morgan fingerprint density at radius 3 is 1.57 bits per heavy atom. The Labute approximate surface area is 204 Å². The average molecular weight is 534 g/mol. The van der Waals surface area contributed by atoms with Gasteiger partial charge in [-0.15, -0.1) is 0 Å². The third-order valence-corrected chi connectivity index (χ3v) is 5.65. The largest absolute Gasteiger partial charge is 1.00 e. The lowest BCUT2D eigenvalue weighted by Gasteiger charge is -2.08. The highest BCUT2D eigenvalue weighted by molar-refractivity contribution is 4.83. The number of aliphatic hydroxyl groups excluding tert-OH is 1. The van der Waals surface area contributed by atoms with Gasteiger partial charge in [-0.3, -0.25) is 0 Å². The van der Waals surface area contributed by atoms with Crippen LogP contribution in [0.15, 0.2) is 30.6 Å². The molecular weight excluding hydrogens is 485 g/mol. The van der Waals surface area contributed by atoms with E-state index < -0.39 is 6.10 Å².